The number of hydrogen-bond acceptors (Lipinski definition) is 6. The first-order chi connectivity index (χ1) is 16.8. The number of halogens is 3. The van der Waals surface area contributed by atoms with E-state index in [4.69, 9.17) is 13.9 Å². The third-order valence-electron chi connectivity index (χ3n) is 6.86. The lowest BCUT2D eigenvalue weighted by Crippen LogP contribution is -2.40. The number of pyridine rings is 1. The van der Waals surface area contributed by atoms with Gasteiger partial charge in [0.05, 0.1) is 38.0 Å². The van der Waals surface area contributed by atoms with Crippen molar-refractivity contribution in [2.24, 2.45) is 0 Å². The van der Waals surface area contributed by atoms with Crippen LogP contribution >= 0.6 is 0 Å². The molecule has 1 saturated carbocycles. The first-order valence-corrected chi connectivity index (χ1v) is 11.5. The van der Waals surface area contributed by atoms with E-state index < -0.39 is 29.5 Å². The zero-order chi connectivity index (χ0) is 24.2. The highest BCUT2D eigenvalue weighted by Gasteiger charge is 2.55. The number of carbonyl (C=O) groups excluding carboxylic acids is 1. The minimum atomic E-state index is -4.80. The topological polar surface area (TPSA) is 91.4 Å². The Morgan fingerprint density at radius 2 is 2.03 bits per heavy atom. The molecule has 35 heavy (non-hydrogen) atoms. The average molecular weight is 488 g/mol. The molecule has 2 fully saturated rings. The lowest BCUT2D eigenvalue weighted by molar-refractivity contribution is -0.137. The van der Waals surface area contributed by atoms with E-state index >= 15 is 0 Å². The molecule has 184 valence electrons. The van der Waals surface area contributed by atoms with Gasteiger partial charge in [-0.25, -0.2) is 0 Å². The number of nitrogens with zero attached hydrogens (tertiary/aromatic N) is 3. The fraction of sp³-hybridized carbons (Fsp3) is 0.458. The monoisotopic (exact) mass is 488 g/mol. The highest BCUT2D eigenvalue weighted by atomic mass is 19.4. The molecule has 2 aliphatic carbocycles. The van der Waals surface area contributed by atoms with E-state index in [9.17, 15) is 18.0 Å². The maximum Gasteiger partial charge on any atom is 0.420 e. The van der Waals surface area contributed by atoms with E-state index in [1.54, 1.807) is 17.1 Å². The number of furan rings is 1. The van der Waals surface area contributed by atoms with Crippen LogP contribution in [-0.2, 0) is 34.0 Å². The maximum atomic E-state index is 14.4. The number of nitrogens with one attached hydrogen (secondary N) is 1. The summed E-state index contributed by atoms with van der Waals surface area (Å²) < 4.78 is 61.1. The Kier molecular flexibility index (Phi) is 5.22. The van der Waals surface area contributed by atoms with Crippen LogP contribution in [-0.4, -0.2) is 53.1 Å². The zero-order valence-corrected chi connectivity index (χ0v) is 18.7. The summed E-state index contributed by atoms with van der Waals surface area (Å²) >= 11 is 0. The summed E-state index contributed by atoms with van der Waals surface area (Å²) in [4.78, 5) is 16.9. The van der Waals surface area contributed by atoms with Gasteiger partial charge >= 0.3 is 6.18 Å². The van der Waals surface area contributed by atoms with Crippen molar-refractivity contribution >= 4 is 5.91 Å². The first kappa shape index (κ1) is 22.3. The van der Waals surface area contributed by atoms with Crippen molar-refractivity contribution in [1.29, 1.82) is 0 Å². The number of ether oxygens (including phenoxy) is 2. The third kappa shape index (κ3) is 4.02. The van der Waals surface area contributed by atoms with Gasteiger partial charge in [0.25, 0.3) is 5.91 Å². The van der Waals surface area contributed by atoms with E-state index in [1.165, 1.54) is 0 Å². The number of aromatic nitrogens is 3. The summed E-state index contributed by atoms with van der Waals surface area (Å²) in [7, 11) is 0. The van der Waals surface area contributed by atoms with Crippen LogP contribution in [0, 0.1) is 0 Å². The van der Waals surface area contributed by atoms with Crippen molar-refractivity contribution in [3.8, 4) is 11.3 Å². The summed E-state index contributed by atoms with van der Waals surface area (Å²) in [5.41, 5.74) is 0.474. The van der Waals surface area contributed by atoms with Gasteiger partial charge in [0.15, 0.2) is 0 Å². The second kappa shape index (κ2) is 8.20. The highest BCUT2D eigenvalue weighted by Crippen LogP contribution is 2.59. The number of hydrogen-bond donors (Lipinski definition) is 1. The molecular formula is C24H23F3N4O4. The number of rotatable bonds is 5. The lowest BCUT2D eigenvalue weighted by Gasteiger charge is -2.23. The molecule has 0 radical (unpaired) electrons. The van der Waals surface area contributed by atoms with Crippen LogP contribution in [0.25, 0.3) is 11.3 Å². The van der Waals surface area contributed by atoms with Gasteiger partial charge < -0.3 is 19.2 Å². The summed E-state index contributed by atoms with van der Waals surface area (Å²) in [6.07, 6.45) is 1.92. The number of carbonyl (C=O) groups is 1. The Morgan fingerprint density at radius 1 is 1.23 bits per heavy atom. The van der Waals surface area contributed by atoms with Crippen LogP contribution in [0.15, 0.2) is 35.1 Å². The molecular weight excluding hydrogens is 465 g/mol. The lowest BCUT2D eigenvalue weighted by atomic mass is 9.82. The number of amides is 1. The maximum absolute atomic E-state index is 14.4. The number of fused-ring (bicyclic) bond motifs is 4. The quantitative estimate of drug-likeness (QED) is 0.593. The molecule has 3 aliphatic rings. The predicted octanol–water partition coefficient (Wildman–Crippen LogP) is 3.34. The molecule has 11 heteroatoms. The SMILES string of the molecule is O=C(NC[C@@H]1COCCO1)c1oc2c(c1C(F)(F)F)-c1nn(Cc3ccncc3)cc1C1(CC1)C2. The van der Waals surface area contributed by atoms with Gasteiger partial charge in [0.1, 0.15) is 17.0 Å². The Hall–Kier alpha value is -3.18. The van der Waals surface area contributed by atoms with E-state index in [-0.39, 0.29) is 35.6 Å². The second-order valence-electron chi connectivity index (χ2n) is 9.28. The largest absolute Gasteiger partial charge is 0.454 e. The van der Waals surface area contributed by atoms with E-state index in [1.807, 2.05) is 18.3 Å². The molecule has 4 heterocycles. The van der Waals surface area contributed by atoms with Crippen LogP contribution in [0.2, 0.25) is 0 Å². The van der Waals surface area contributed by atoms with Gasteiger partial charge in [-0.15, -0.1) is 0 Å². The van der Waals surface area contributed by atoms with Crippen molar-refractivity contribution in [1.82, 2.24) is 20.1 Å². The van der Waals surface area contributed by atoms with Gasteiger partial charge in [-0.2, -0.15) is 18.3 Å². The highest BCUT2D eigenvalue weighted by molar-refractivity contribution is 5.96. The number of alkyl halides is 3. The van der Waals surface area contributed by atoms with E-state index in [0.717, 1.165) is 24.0 Å². The van der Waals surface area contributed by atoms with Crippen LogP contribution in [0.1, 0.15) is 45.8 Å². The molecule has 0 aromatic carbocycles. The van der Waals surface area contributed by atoms with Crippen molar-refractivity contribution in [3.05, 3.63) is 58.9 Å². The van der Waals surface area contributed by atoms with E-state index in [0.29, 0.717) is 26.2 Å². The Bertz CT molecular complexity index is 1260. The molecule has 1 N–H and O–H groups in total. The zero-order valence-electron chi connectivity index (χ0n) is 18.7. The normalized spacial score (nSPS) is 20.4. The van der Waals surface area contributed by atoms with Crippen molar-refractivity contribution in [3.63, 3.8) is 0 Å². The Balaban J connectivity index is 1.37. The molecule has 1 spiro atoms. The predicted molar refractivity (Wildman–Crippen MR) is 116 cm³/mol. The van der Waals surface area contributed by atoms with Crippen molar-refractivity contribution < 1.29 is 31.9 Å². The third-order valence-corrected chi connectivity index (χ3v) is 6.86. The minimum Gasteiger partial charge on any atom is -0.454 e. The standard InChI is InChI=1S/C24H23F3N4O4/c25-24(26,27)19-18-17(35-21(19)22(32)29-10-15-13-33-7-8-34-15)9-23(3-4-23)16-12-31(30-20(16)18)11-14-1-5-28-6-2-14/h1-2,5-6,12,15H,3-4,7-11,13H2,(H,29,32)/t15-/m1/s1. The molecule has 1 saturated heterocycles. The summed E-state index contributed by atoms with van der Waals surface area (Å²) in [6, 6.07) is 3.67. The Labute approximate surface area is 198 Å². The van der Waals surface area contributed by atoms with Crippen molar-refractivity contribution in [2.45, 2.75) is 43.5 Å². The van der Waals surface area contributed by atoms with Crippen LogP contribution in [0.3, 0.4) is 0 Å². The molecule has 1 amide bonds. The molecule has 1 aliphatic heterocycles. The van der Waals surface area contributed by atoms with Gasteiger partial charge in [-0.3, -0.25) is 14.5 Å². The second-order valence-corrected chi connectivity index (χ2v) is 9.28. The van der Waals surface area contributed by atoms with Gasteiger partial charge in [0, 0.05) is 42.5 Å². The van der Waals surface area contributed by atoms with E-state index in [2.05, 4.69) is 15.4 Å². The molecule has 0 unspecified atom stereocenters. The summed E-state index contributed by atoms with van der Waals surface area (Å²) in [5, 5.41) is 7.08. The fourth-order valence-corrected chi connectivity index (χ4v) is 4.97. The van der Waals surface area contributed by atoms with Crippen LogP contribution in [0.4, 0.5) is 13.2 Å². The Morgan fingerprint density at radius 3 is 2.71 bits per heavy atom. The molecule has 8 nitrogen and oxygen atoms in total. The fourth-order valence-electron chi connectivity index (χ4n) is 4.97. The summed E-state index contributed by atoms with van der Waals surface area (Å²) in [6.45, 7) is 1.51. The van der Waals surface area contributed by atoms with Crippen LogP contribution < -0.4 is 5.32 Å². The average Bonchev–Trinajstić information content (AvgIpc) is 3.29. The molecule has 1 atom stereocenters. The van der Waals surface area contributed by atoms with Gasteiger partial charge in [-0.1, -0.05) is 0 Å². The molecule has 3 aromatic heterocycles. The molecule has 3 aromatic rings. The van der Waals surface area contributed by atoms with Gasteiger partial charge in [0.2, 0.25) is 5.76 Å². The smallest absolute Gasteiger partial charge is 0.420 e. The first-order valence-electron chi connectivity index (χ1n) is 11.5. The minimum absolute atomic E-state index is 0.0250. The molecule has 6 rings (SSSR count). The molecule has 0 bridgehead atoms. The summed E-state index contributed by atoms with van der Waals surface area (Å²) in [5.74, 6) is -1.49. The van der Waals surface area contributed by atoms with Crippen molar-refractivity contribution in [2.75, 3.05) is 26.4 Å². The van der Waals surface area contributed by atoms with Crippen LogP contribution in [0.5, 0.6) is 0 Å². The van der Waals surface area contributed by atoms with Gasteiger partial charge in [-0.05, 0) is 30.5 Å².